The number of carbonyl (C=O) groups is 1. The van der Waals surface area contributed by atoms with Crippen LogP contribution in [0.5, 0.6) is 11.5 Å². The van der Waals surface area contributed by atoms with Gasteiger partial charge in [-0.25, -0.2) is 0 Å². The molecule has 118 valence electrons. The minimum atomic E-state index is -0.175. The lowest BCUT2D eigenvalue weighted by atomic mass is 10.3. The van der Waals surface area contributed by atoms with Crippen LogP contribution in [0.3, 0.4) is 0 Å². The van der Waals surface area contributed by atoms with E-state index in [9.17, 15) is 4.79 Å². The lowest BCUT2D eigenvalue weighted by Crippen LogP contribution is -2.32. The van der Waals surface area contributed by atoms with E-state index >= 15 is 0 Å². The molecule has 0 saturated carbocycles. The average molecular weight is 313 g/mol. The van der Waals surface area contributed by atoms with Crippen LogP contribution in [0.25, 0.3) is 0 Å². The molecule has 0 aromatic heterocycles. The highest BCUT2D eigenvalue weighted by atomic mass is 32.2. The number of hydrogen-bond donors (Lipinski definition) is 1. The number of thioether (sulfide) groups is 1. The van der Waals surface area contributed by atoms with Gasteiger partial charge in [-0.15, -0.1) is 11.8 Å². The van der Waals surface area contributed by atoms with Crippen LogP contribution in [0, 0.1) is 0 Å². The summed E-state index contributed by atoms with van der Waals surface area (Å²) in [6, 6.07) is 5.63. The molecule has 5 nitrogen and oxygen atoms in total. The first-order chi connectivity index (χ1) is 10.1. The monoisotopic (exact) mass is 313 g/mol. The van der Waals surface area contributed by atoms with Crippen molar-refractivity contribution in [2.45, 2.75) is 23.5 Å². The Morgan fingerprint density at radius 2 is 1.95 bits per heavy atom. The molecule has 0 heterocycles. The van der Waals surface area contributed by atoms with Crippen molar-refractivity contribution < 1.29 is 19.0 Å². The lowest BCUT2D eigenvalue weighted by Gasteiger charge is -2.13. The van der Waals surface area contributed by atoms with E-state index < -0.39 is 0 Å². The van der Waals surface area contributed by atoms with Crippen LogP contribution in [0.1, 0.15) is 13.3 Å². The maximum Gasteiger partial charge on any atom is 0.233 e. The van der Waals surface area contributed by atoms with E-state index in [0.717, 1.165) is 11.3 Å². The zero-order valence-electron chi connectivity index (χ0n) is 13.0. The Labute approximate surface area is 130 Å². The molecule has 0 aliphatic carbocycles. The fraction of sp³-hybridized carbons (Fsp3) is 0.533. The van der Waals surface area contributed by atoms with Crippen molar-refractivity contribution in [1.82, 2.24) is 5.32 Å². The smallest absolute Gasteiger partial charge is 0.233 e. The number of rotatable bonds is 9. The van der Waals surface area contributed by atoms with Gasteiger partial charge in [-0.1, -0.05) is 0 Å². The Morgan fingerprint density at radius 1 is 1.24 bits per heavy atom. The summed E-state index contributed by atoms with van der Waals surface area (Å²) in [6.45, 7) is 3.16. The zero-order valence-corrected chi connectivity index (χ0v) is 13.8. The van der Waals surface area contributed by atoms with Crippen molar-refractivity contribution in [3.8, 4) is 11.5 Å². The minimum absolute atomic E-state index is 0.0193. The molecule has 1 amide bonds. The largest absolute Gasteiger partial charge is 0.493 e. The van der Waals surface area contributed by atoms with Gasteiger partial charge >= 0.3 is 0 Å². The normalized spacial score (nSPS) is 11.8. The summed E-state index contributed by atoms with van der Waals surface area (Å²) in [5.41, 5.74) is 0. The van der Waals surface area contributed by atoms with Crippen LogP contribution < -0.4 is 14.8 Å². The molecule has 0 radical (unpaired) electrons. The van der Waals surface area contributed by atoms with Gasteiger partial charge in [-0.05, 0) is 31.5 Å². The second-order valence-corrected chi connectivity index (χ2v) is 5.83. The highest BCUT2D eigenvalue weighted by Gasteiger charge is 2.15. The molecule has 0 unspecified atom stereocenters. The zero-order chi connectivity index (χ0) is 15.7. The number of carbonyl (C=O) groups excluding carboxylic acids is 1. The summed E-state index contributed by atoms with van der Waals surface area (Å²) in [6.07, 6.45) is 0.815. The molecule has 1 aromatic rings. The molecule has 0 saturated heterocycles. The molecule has 0 aliphatic heterocycles. The molecular weight excluding hydrogens is 290 g/mol. The fourth-order valence-corrected chi connectivity index (χ4v) is 2.64. The lowest BCUT2D eigenvalue weighted by molar-refractivity contribution is -0.120. The second kappa shape index (κ2) is 9.52. The van der Waals surface area contributed by atoms with Crippen molar-refractivity contribution in [2.24, 2.45) is 0 Å². The molecule has 0 bridgehead atoms. The highest BCUT2D eigenvalue weighted by molar-refractivity contribution is 8.00. The van der Waals surface area contributed by atoms with Crippen LogP contribution in [0.15, 0.2) is 23.1 Å². The van der Waals surface area contributed by atoms with Crippen LogP contribution in [0.4, 0.5) is 0 Å². The number of methoxy groups -OCH3 is 3. The van der Waals surface area contributed by atoms with Gasteiger partial charge in [-0.3, -0.25) is 4.79 Å². The van der Waals surface area contributed by atoms with Crippen LogP contribution in [-0.4, -0.2) is 45.6 Å². The van der Waals surface area contributed by atoms with Crippen molar-refractivity contribution in [3.05, 3.63) is 18.2 Å². The summed E-state index contributed by atoms with van der Waals surface area (Å²) in [5, 5.41) is 2.72. The van der Waals surface area contributed by atoms with Crippen molar-refractivity contribution in [3.63, 3.8) is 0 Å². The van der Waals surface area contributed by atoms with Gasteiger partial charge in [0.1, 0.15) is 0 Å². The van der Waals surface area contributed by atoms with E-state index in [1.165, 1.54) is 11.8 Å². The number of nitrogens with one attached hydrogen (secondary N) is 1. The first kappa shape index (κ1) is 17.7. The maximum atomic E-state index is 12.0. The SMILES string of the molecule is COCCCNC(=O)[C@@H](C)Sc1ccc(OC)c(OC)c1. The molecule has 1 rings (SSSR count). The van der Waals surface area contributed by atoms with E-state index in [-0.39, 0.29) is 11.2 Å². The Balaban J connectivity index is 2.53. The molecule has 0 spiro atoms. The number of hydrogen-bond acceptors (Lipinski definition) is 5. The second-order valence-electron chi connectivity index (χ2n) is 4.41. The van der Waals surface area contributed by atoms with Crippen LogP contribution in [-0.2, 0) is 9.53 Å². The summed E-state index contributed by atoms with van der Waals surface area (Å²) in [5.74, 6) is 1.36. The molecule has 0 aliphatic rings. The maximum absolute atomic E-state index is 12.0. The van der Waals surface area contributed by atoms with Gasteiger partial charge in [0.05, 0.1) is 19.5 Å². The standard InChI is InChI=1S/C15H23NO4S/c1-11(15(17)16-8-5-9-18-2)21-12-6-7-13(19-3)14(10-12)20-4/h6-7,10-11H,5,8-9H2,1-4H3,(H,16,17)/t11-/m1/s1. The Bertz CT molecular complexity index is 453. The van der Waals surface area contributed by atoms with Gasteiger partial charge in [0, 0.05) is 25.2 Å². The number of amides is 1. The van der Waals surface area contributed by atoms with Gasteiger partial charge in [0.15, 0.2) is 11.5 Å². The average Bonchev–Trinajstić information content (AvgIpc) is 2.51. The van der Waals surface area contributed by atoms with E-state index in [2.05, 4.69) is 5.32 Å². The van der Waals surface area contributed by atoms with E-state index in [1.807, 2.05) is 25.1 Å². The van der Waals surface area contributed by atoms with Gasteiger partial charge in [0.25, 0.3) is 0 Å². The molecule has 1 aromatic carbocycles. The molecule has 0 fully saturated rings. The molecule has 21 heavy (non-hydrogen) atoms. The molecule has 1 atom stereocenters. The third kappa shape index (κ3) is 5.85. The summed E-state index contributed by atoms with van der Waals surface area (Å²) < 4.78 is 15.4. The summed E-state index contributed by atoms with van der Waals surface area (Å²) in [4.78, 5) is 12.9. The van der Waals surface area contributed by atoms with Crippen LogP contribution >= 0.6 is 11.8 Å². The molecule has 1 N–H and O–H groups in total. The highest BCUT2D eigenvalue weighted by Crippen LogP contribution is 2.33. The summed E-state index contributed by atoms with van der Waals surface area (Å²) in [7, 11) is 4.84. The third-order valence-corrected chi connectivity index (χ3v) is 3.96. The number of ether oxygens (including phenoxy) is 3. The van der Waals surface area contributed by atoms with E-state index in [4.69, 9.17) is 14.2 Å². The van der Waals surface area contributed by atoms with Crippen molar-refractivity contribution in [2.75, 3.05) is 34.5 Å². The van der Waals surface area contributed by atoms with Gasteiger partial charge in [0.2, 0.25) is 5.91 Å². The van der Waals surface area contributed by atoms with Crippen LogP contribution in [0.2, 0.25) is 0 Å². The summed E-state index contributed by atoms with van der Waals surface area (Å²) >= 11 is 1.49. The fourth-order valence-electron chi connectivity index (χ4n) is 1.72. The molecular formula is C15H23NO4S. The van der Waals surface area contributed by atoms with E-state index in [0.29, 0.717) is 24.7 Å². The minimum Gasteiger partial charge on any atom is -0.493 e. The Morgan fingerprint density at radius 3 is 2.57 bits per heavy atom. The molecule has 6 heteroatoms. The Hall–Kier alpha value is -1.40. The first-order valence-electron chi connectivity index (χ1n) is 6.77. The topological polar surface area (TPSA) is 56.8 Å². The number of benzene rings is 1. The van der Waals surface area contributed by atoms with E-state index in [1.54, 1.807) is 21.3 Å². The first-order valence-corrected chi connectivity index (χ1v) is 7.65. The Kier molecular flexibility index (Phi) is 8.00. The predicted molar refractivity (Wildman–Crippen MR) is 84.4 cm³/mol. The van der Waals surface area contributed by atoms with Gasteiger partial charge in [-0.2, -0.15) is 0 Å². The quantitative estimate of drug-likeness (QED) is 0.560. The van der Waals surface area contributed by atoms with Gasteiger partial charge < -0.3 is 19.5 Å². The third-order valence-electron chi connectivity index (χ3n) is 2.86. The predicted octanol–water partition coefficient (Wildman–Crippen LogP) is 2.34. The van der Waals surface area contributed by atoms with Crippen molar-refractivity contribution in [1.29, 1.82) is 0 Å². The van der Waals surface area contributed by atoms with Crippen molar-refractivity contribution >= 4 is 17.7 Å².